The molecule has 2 amide bonds. The number of hydrogen-bond donors (Lipinski definition) is 1. The minimum absolute atomic E-state index is 0.0140. The highest BCUT2D eigenvalue weighted by molar-refractivity contribution is 9.10. The number of amides is 2. The zero-order chi connectivity index (χ0) is 15.5. The Kier molecular flexibility index (Phi) is 4.28. The Bertz CT molecular complexity index is 694. The SMILES string of the molecule is O=C(CN1CCCCC1=O)Nc1cc(-c2ccc(Br)o2)no1. The monoisotopic (exact) mass is 367 g/mol. The lowest BCUT2D eigenvalue weighted by molar-refractivity contribution is -0.136. The number of carbonyl (C=O) groups is 2. The highest BCUT2D eigenvalue weighted by atomic mass is 79.9. The van der Waals surface area contributed by atoms with E-state index in [1.807, 2.05) is 0 Å². The zero-order valence-corrected chi connectivity index (χ0v) is 13.3. The fourth-order valence-electron chi connectivity index (χ4n) is 2.28. The average Bonchev–Trinajstić information content (AvgIpc) is 3.10. The first-order chi connectivity index (χ1) is 10.6. The van der Waals surface area contributed by atoms with Crippen molar-refractivity contribution < 1.29 is 18.5 Å². The molecule has 2 aromatic heterocycles. The number of anilines is 1. The first kappa shape index (κ1) is 14.8. The zero-order valence-electron chi connectivity index (χ0n) is 11.7. The van der Waals surface area contributed by atoms with E-state index in [0.29, 0.717) is 29.1 Å². The van der Waals surface area contributed by atoms with Crippen molar-refractivity contribution in [1.29, 1.82) is 0 Å². The standard InChI is InChI=1S/C14H14BrN3O4/c15-11-5-4-10(21-11)9-7-13(22-17-9)16-12(19)8-18-6-2-1-3-14(18)20/h4-5,7H,1-3,6,8H2,(H,16,19). The Labute approximate surface area is 134 Å². The number of carbonyl (C=O) groups excluding carboxylic acids is 2. The molecule has 0 radical (unpaired) electrons. The van der Waals surface area contributed by atoms with Gasteiger partial charge in [0.2, 0.25) is 17.7 Å². The van der Waals surface area contributed by atoms with Gasteiger partial charge in [0, 0.05) is 19.0 Å². The third kappa shape index (κ3) is 3.38. The lowest BCUT2D eigenvalue weighted by atomic mass is 10.1. The van der Waals surface area contributed by atoms with Gasteiger partial charge < -0.3 is 13.8 Å². The normalized spacial score (nSPS) is 15.1. The lowest BCUT2D eigenvalue weighted by Gasteiger charge is -2.25. The van der Waals surface area contributed by atoms with E-state index >= 15 is 0 Å². The maximum absolute atomic E-state index is 12.0. The number of rotatable bonds is 4. The molecule has 8 heteroatoms. The van der Waals surface area contributed by atoms with Crippen LogP contribution in [0.2, 0.25) is 0 Å². The number of nitrogens with zero attached hydrogens (tertiary/aromatic N) is 2. The number of hydrogen-bond acceptors (Lipinski definition) is 5. The molecule has 116 valence electrons. The summed E-state index contributed by atoms with van der Waals surface area (Å²) in [7, 11) is 0. The van der Waals surface area contributed by atoms with Gasteiger partial charge in [0.25, 0.3) is 0 Å². The second kappa shape index (κ2) is 6.35. The summed E-state index contributed by atoms with van der Waals surface area (Å²) >= 11 is 3.21. The number of piperidine rings is 1. The average molecular weight is 368 g/mol. The van der Waals surface area contributed by atoms with E-state index in [2.05, 4.69) is 26.4 Å². The molecule has 0 unspecified atom stereocenters. The summed E-state index contributed by atoms with van der Waals surface area (Å²) in [4.78, 5) is 25.2. The van der Waals surface area contributed by atoms with Crippen molar-refractivity contribution in [2.75, 3.05) is 18.4 Å². The van der Waals surface area contributed by atoms with Gasteiger partial charge in [-0.15, -0.1) is 0 Å². The molecule has 1 saturated heterocycles. The maximum atomic E-state index is 12.0. The van der Waals surface area contributed by atoms with Gasteiger partial charge in [-0.3, -0.25) is 14.9 Å². The predicted octanol–water partition coefficient (Wildman–Crippen LogP) is 2.65. The van der Waals surface area contributed by atoms with Crippen molar-refractivity contribution in [3.8, 4) is 11.5 Å². The van der Waals surface area contributed by atoms with Crippen molar-refractivity contribution in [3.05, 3.63) is 22.9 Å². The highest BCUT2D eigenvalue weighted by Gasteiger charge is 2.21. The molecular weight excluding hydrogens is 354 g/mol. The van der Waals surface area contributed by atoms with Crippen molar-refractivity contribution >= 4 is 33.6 Å². The van der Waals surface area contributed by atoms with Gasteiger partial charge in [0.15, 0.2) is 16.1 Å². The van der Waals surface area contributed by atoms with E-state index in [0.717, 1.165) is 12.8 Å². The molecule has 0 bridgehead atoms. The summed E-state index contributed by atoms with van der Waals surface area (Å²) in [5.41, 5.74) is 0.482. The molecule has 0 aliphatic carbocycles. The minimum Gasteiger partial charge on any atom is -0.448 e. The Morgan fingerprint density at radius 3 is 3.00 bits per heavy atom. The topological polar surface area (TPSA) is 88.6 Å². The molecule has 0 aromatic carbocycles. The predicted molar refractivity (Wildman–Crippen MR) is 81.0 cm³/mol. The van der Waals surface area contributed by atoms with Crippen molar-refractivity contribution in [2.24, 2.45) is 0 Å². The molecule has 7 nitrogen and oxygen atoms in total. The Hall–Kier alpha value is -2.09. The van der Waals surface area contributed by atoms with Gasteiger partial charge >= 0.3 is 0 Å². The molecule has 0 spiro atoms. The summed E-state index contributed by atoms with van der Waals surface area (Å²) < 4.78 is 11.0. The van der Waals surface area contributed by atoms with E-state index < -0.39 is 0 Å². The van der Waals surface area contributed by atoms with E-state index in [4.69, 9.17) is 8.94 Å². The molecule has 1 aliphatic rings. The van der Waals surface area contributed by atoms with Gasteiger partial charge in [-0.2, -0.15) is 0 Å². The van der Waals surface area contributed by atoms with Crippen LogP contribution in [0.25, 0.3) is 11.5 Å². The number of likely N-dealkylation sites (tertiary alicyclic amines) is 1. The van der Waals surface area contributed by atoms with Gasteiger partial charge in [-0.1, -0.05) is 5.16 Å². The van der Waals surface area contributed by atoms with Crippen LogP contribution in [0.3, 0.4) is 0 Å². The van der Waals surface area contributed by atoms with Crippen LogP contribution in [0.15, 0.2) is 31.8 Å². The van der Waals surface area contributed by atoms with Crippen LogP contribution >= 0.6 is 15.9 Å². The maximum Gasteiger partial charge on any atom is 0.246 e. The molecular formula is C14H14BrN3O4. The van der Waals surface area contributed by atoms with Gasteiger partial charge in [0.05, 0.1) is 6.54 Å². The molecule has 22 heavy (non-hydrogen) atoms. The summed E-state index contributed by atoms with van der Waals surface area (Å²) in [5.74, 6) is 0.456. The van der Waals surface area contributed by atoms with Gasteiger partial charge in [-0.05, 0) is 40.9 Å². The van der Waals surface area contributed by atoms with Crippen LogP contribution in [-0.4, -0.2) is 35.0 Å². The van der Waals surface area contributed by atoms with Crippen molar-refractivity contribution in [2.45, 2.75) is 19.3 Å². The third-order valence-corrected chi connectivity index (χ3v) is 3.78. The summed E-state index contributed by atoms with van der Waals surface area (Å²) in [6.07, 6.45) is 2.33. The second-order valence-electron chi connectivity index (χ2n) is 5.00. The fourth-order valence-corrected chi connectivity index (χ4v) is 2.59. The summed E-state index contributed by atoms with van der Waals surface area (Å²) in [6, 6.07) is 5.05. The number of halogens is 1. The van der Waals surface area contributed by atoms with E-state index in [9.17, 15) is 9.59 Å². The number of furan rings is 1. The van der Waals surface area contributed by atoms with Crippen LogP contribution < -0.4 is 5.32 Å². The summed E-state index contributed by atoms with van der Waals surface area (Å²) in [6.45, 7) is 0.648. The third-order valence-electron chi connectivity index (χ3n) is 3.35. The highest BCUT2D eigenvalue weighted by Crippen LogP contribution is 2.26. The van der Waals surface area contributed by atoms with Crippen LogP contribution in [0, 0.1) is 0 Å². The smallest absolute Gasteiger partial charge is 0.246 e. The number of aromatic nitrogens is 1. The fraction of sp³-hybridized carbons (Fsp3) is 0.357. The van der Waals surface area contributed by atoms with E-state index in [1.165, 1.54) is 0 Å². The molecule has 1 N–H and O–H groups in total. The molecule has 0 saturated carbocycles. The van der Waals surface area contributed by atoms with E-state index in [-0.39, 0.29) is 24.2 Å². The first-order valence-corrected chi connectivity index (χ1v) is 7.71. The Balaban J connectivity index is 1.60. The second-order valence-corrected chi connectivity index (χ2v) is 5.78. The molecule has 3 rings (SSSR count). The molecule has 0 atom stereocenters. The van der Waals surface area contributed by atoms with Crippen LogP contribution in [-0.2, 0) is 9.59 Å². The van der Waals surface area contributed by atoms with E-state index in [1.54, 1.807) is 23.1 Å². The summed E-state index contributed by atoms with van der Waals surface area (Å²) in [5, 5.41) is 6.42. The van der Waals surface area contributed by atoms with Crippen LogP contribution in [0.1, 0.15) is 19.3 Å². The Morgan fingerprint density at radius 2 is 2.27 bits per heavy atom. The molecule has 2 aromatic rings. The van der Waals surface area contributed by atoms with Crippen LogP contribution in [0.4, 0.5) is 5.88 Å². The van der Waals surface area contributed by atoms with Crippen molar-refractivity contribution in [3.63, 3.8) is 0 Å². The van der Waals surface area contributed by atoms with Crippen LogP contribution in [0.5, 0.6) is 0 Å². The first-order valence-electron chi connectivity index (χ1n) is 6.92. The largest absolute Gasteiger partial charge is 0.448 e. The quantitative estimate of drug-likeness (QED) is 0.896. The van der Waals surface area contributed by atoms with Gasteiger partial charge in [0.1, 0.15) is 0 Å². The number of nitrogens with one attached hydrogen (secondary N) is 1. The van der Waals surface area contributed by atoms with Crippen molar-refractivity contribution in [1.82, 2.24) is 10.1 Å². The Morgan fingerprint density at radius 1 is 1.41 bits per heavy atom. The lowest BCUT2D eigenvalue weighted by Crippen LogP contribution is -2.40. The molecule has 3 heterocycles. The minimum atomic E-state index is -0.307. The molecule has 1 fully saturated rings. The van der Waals surface area contributed by atoms with Gasteiger partial charge in [-0.25, -0.2) is 0 Å². The molecule has 1 aliphatic heterocycles.